The maximum Gasteiger partial charge on any atom is 0.174 e. The van der Waals surface area contributed by atoms with Gasteiger partial charge in [-0.1, -0.05) is 46.3 Å². The maximum absolute atomic E-state index is 4.16. The molecule has 5 heteroatoms. The molecule has 0 aliphatic heterocycles. The molecule has 4 nitrogen and oxygen atoms in total. The Balaban J connectivity index is 1.79. The third kappa shape index (κ3) is 3.63. The minimum atomic E-state index is 0.403. The van der Waals surface area contributed by atoms with Crippen molar-refractivity contribution in [2.45, 2.75) is 24.1 Å². The third-order valence-corrected chi connectivity index (χ3v) is 3.56. The number of hydrogen-bond acceptors (Lipinski definition) is 3. The molecule has 0 amide bonds. The zero-order chi connectivity index (χ0) is 12.1. The second-order valence-electron chi connectivity index (χ2n) is 3.97. The summed E-state index contributed by atoms with van der Waals surface area (Å²) in [5.41, 5.74) is 1.32. The van der Waals surface area contributed by atoms with E-state index in [1.807, 2.05) is 6.07 Å². The molecule has 0 fully saturated rings. The lowest BCUT2D eigenvalue weighted by Crippen LogP contribution is -1.95. The molecule has 1 heterocycles. The van der Waals surface area contributed by atoms with E-state index in [0.29, 0.717) is 4.83 Å². The smallest absolute Gasteiger partial charge is 0.167 e. The summed E-state index contributed by atoms with van der Waals surface area (Å²) in [5, 5.41) is 11.9. The molecule has 1 aromatic carbocycles. The Labute approximate surface area is 109 Å². The number of aryl methyl sites for hydroxylation is 2. The molecule has 1 unspecified atom stereocenters. The van der Waals surface area contributed by atoms with Gasteiger partial charge in [-0.15, -0.1) is 10.2 Å². The van der Waals surface area contributed by atoms with Crippen molar-refractivity contribution in [2.75, 3.05) is 0 Å². The van der Waals surface area contributed by atoms with Gasteiger partial charge in [-0.05, 0) is 23.6 Å². The van der Waals surface area contributed by atoms with E-state index in [4.69, 9.17) is 0 Å². The van der Waals surface area contributed by atoms with Crippen LogP contribution in [0.25, 0.3) is 0 Å². The van der Waals surface area contributed by atoms with Crippen molar-refractivity contribution < 1.29 is 0 Å². The highest BCUT2D eigenvalue weighted by Gasteiger charge is 2.07. The van der Waals surface area contributed by atoms with Crippen molar-refractivity contribution in [3.8, 4) is 0 Å². The molecule has 0 aliphatic rings. The van der Waals surface area contributed by atoms with Gasteiger partial charge in [-0.2, -0.15) is 4.80 Å². The van der Waals surface area contributed by atoms with Crippen molar-refractivity contribution in [3.05, 3.63) is 41.7 Å². The molecule has 90 valence electrons. The minimum Gasteiger partial charge on any atom is -0.167 e. The number of hydrogen-bond donors (Lipinski definition) is 0. The SMILES string of the molecule is Cn1nnc(CCCC(Br)c2ccccc2)n1. The highest BCUT2D eigenvalue weighted by atomic mass is 79.9. The first kappa shape index (κ1) is 12.2. The number of benzene rings is 1. The molecule has 1 atom stereocenters. The molecule has 0 bridgehead atoms. The molecule has 0 N–H and O–H groups in total. The second kappa shape index (κ2) is 5.91. The van der Waals surface area contributed by atoms with Crippen molar-refractivity contribution in [3.63, 3.8) is 0 Å². The van der Waals surface area contributed by atoms with E-state index >= 15 is 0 Å². The summed E-state index contributed by atoms with van der Waals surface area (Å²) < 4.78 is 0. The summed E-state index contributed by atoms with van der Waals surface area (Å²) in [7, 11) is 1.79. The van der Waals surface area contributed by atoms with Crippen LogP contribution in [-0.2, 0) is 13.5 Å². The number of aromatic nitrogens is 4. The van der Waals surface area contributed by atoms with Gasteiger partial charge >= 0.3 is 0 Å². The lowest BCUT2D eigenvalue weighted by Gasteiger charge is -2.08. The first-order valence-electron chi connectivity index (χ1n) is 5.67. The van der Waals surface area contributed by atoms with Crippen molar-refractivity contribution in [1.29, 1.82) is 0 Å². The summed E-state index contributed by atoms with van der Waals surface area (Å²) in [6.45, 7) is 0. The molecule has 2 aromatic rings. The fourth-order valence-electron chi connectivity index (χ4n) is 1.69. The van der Waals surface area contributed by atoms with E-state index in [1.165, 1.54) is 10.4 Å². The van der Waals surface area contributed by atoms with E-state index in [1.54, 1.807) is 7.05 Å². The second-order valence-corrected chi connectivity index (χ2v) is 5.07. The lowest BCUT2D eigenvalue weighted by molar-refractivity contribution is 0.625. The molecule has 0 saturated carbocycles. The van der Waals surface area contributed by atoms with E-state index in [9.17, 15) is 0 Å². The summed E-state index contributed by atoms with van der Waals surface area (Å²) >= 11 is 3.70. The normalized spacial score (nSPS) is 12.6. The van der Waals surface area contributed by atoms with Gasteiger partial charge < -0.3 is 0 Å². The molecule has 1 aromatic heterocycles. The average Bonchev–Trinajstić information content (AvgIpc) is 2.76. The Morgan fingerprint density at radius 3 is 2.71 bits per heavy atom. The van der Waals surface area contributed by atoms with Gasteiger partial charge in [0.15, 0.2) is 5.82 Å². The molecule has 2 rings (SSSR count). The summed E-state index contributed by atoms with van der Waals surface area (Å²) in [4.78, 5) is 1.90. The van der Waals surface area contributed by atoms with Crippen LogP contribution in [0.5, 0.6) is 0 Å². The van der Waals surface area contributed by atoms with E-state index in [-0.39, 0.29) is 0 Å². The van der Waals surface area contributed by atoms with Crippen LogP contribution >= 0.6 is 15.9 Å². The fourth-order valence-corrected chi connectivity index (χ4v) is 2.32. The predicted octanol–water partition coefficient (Wildman–Crippen LogP) is 2.67. The Bertz CT molecular complexity index is 455. The van der Waals surface area contributed by atoms with Gasteiger partial charge in [0.1, 0.15) is 0 Å². The van der Waals surface area contributed by atoms with Crippen LogP contribution in [0.4, 0.5) is 0 Å². The maximum atomic E-state index is 4.16. The summed E-state index contributed by atoms with van der Waals surface area (Å²) in [6.07, 6.45) is 3.00. The molecular formula is C12H15BrN4. The minimum absolute atomic E-state index is 0.403. The molecule has 0 radical (unpaired) electrons. The number of halogens is 1. The van der Waals surface area contributed by atoms with Gasteiger partial charge in [-0.25, -0.2) is 0 Å². The Morgan fingerprint density at radius 1 is 1.29 bits per heavy atom. The fraction of sp³-hybridized carbons (Fsp3) is 0.417. The first-order chi connectivity index (χ1) is 8.25. The van der Waals surface area contributed by atoms with Gasteiger partial charge in [0.2, 0.25) is 0 Å². The highest BCUT2D eigenvalue weighted by Crippen LogP contribution is 2.27. The largest absolute Gasteiger partial charge is 0.174 e. The molecule has 0 aliphatic carbocycles. The number of alkyl halides is 1. The highest BCUT2D eigenvalue weighted by molar-refractivity contribution is 9.09. The topological polar surface area (TPSA) is 43.6 Å². The zero-order valence-corrected chi connectivity index (χ0v) is 11.3. The lowest BCUT2D eigenvalue weighted by atomic mass is 10.1. The first-order valence-corrected chi connectivity index (χ1v) is 6.59. The van der Waals surface area contributed by atoms with E-state index in [2.05, 4.69) is 55.6 Å². The van der Waals surface area contributed by atoms with Crippen LogP contribution in [0.3, 0.4) is 0 Å². The van der Waals surface area contributed by atoms with Crippen LogP contribution in [0.1, 0.15) is 29.1 Å². The molecule has 0 saturated heterocycles. The quantitative estimate of drug-likeness (QED) is 0.797. The van der Waals surface area contributed by atoms with Crippen LogP contribution in [0.2, 0.25) is 0 Å². The monoisotopic (exact) mass is 294 g/mol. The van der Waals surface area contributed by atoms with Crippen LogP contribution < -0.4 is 0 Å². The standard InChI is InChI=1S/C12H15BrN4/c1-17-15-12(14-16-17)9-5-8-11(13)10-6-3-2-4-7-10/h2-4,6-7,11H,5,8-9H2,1H3. The molecule has 17 heavy (non-hydrogen) atoms. The zero-order valence-electron chi connectivity index (χ0n) is 9.75. The van der Waals surface area contributed by atoms with E-state index < -0.39 is 0 Å². The van der Waals surface area contributed by atoms with Crippen molar-refractivity contribution >= 4 is 15.9 Å². The van der Waals surface area contributed by atoms with Gasteiger partial charge in [0.25, 0.3) is 0 Å². The van der Waals surface area contributed by atoms with Crippen LogP contribution in [0, 0.1) is 0 Å². The Hall–Kier alpha value is -1.23. The third-order valence-electron chi connectivity index (χ3n) is 2.57. The van der Waals surface area contributed by atoms with Gasteiger partial charge in [0.05, 0.1) is 7.05 Å². The summed E-state index contributed by atoms with van der Waals surface area (Å²) in [5.74, 6) is 0.820. The van der Waals surface area contributed by atoms with Crippen LogP contribution in [0.15, 0.2) is 30.3 Å². The summed E-state index contributed by atoms with van der Waals surface area (Å²) in [6, 6.07) is 10.4. The van der Waals surface area contributed by atoms with Gasteiger partial charge in [0, 0.05) is 11.2 Å². The van der Waals surface area contributed by atoms with Crippen molar-refractivity contribution in [2.24, 2.45) is 7.05 Å². The van der Waals surface area contributed by atoms with Crippen LogP contribution in [-0.4, -0.2) is 20.2 Å². The predicted molar refractivity (Wildman–Crippen MR) is 69.8 cm³/mol. The number of rotatable bonds is 5. The number of tetrazole rings is 1. The molecule has 0 spiro atoms. The van der Waals surface area contributed by atoms with Gasteiger partial charge in [-0.3, -0.25) is 0 Å². The Morgan fingerprint density at radius 2 is 2.06 bits per heavy atom. The van der Waals surface area contributed by atoms with E-state index in [0.717, 1.165) is 25.1 Å². The number of nitrogens with zero attached hydrogens (tertiary/aromatic N) is 4. The van der Waals surface area contributed by atoms with Crippen molar-refractivity contribution in [1.82, 2.24) is 20.2 Å². The molecular weight excluding hydrogens is 280 g/mol. The Kier molecular flexibility index (Phi) is 4.25. The average molecular weight is 295 g/mol.